The SMILES string of the molecule is CCC1C(C)C2=CC1C1C3CCC(C3)C21. The minimum Gasteiger partial charge on any atom is -0.0810 e. The van der Waals surface area contributed by atoms with Crippen molar-refractivity contribution in [3.63, 3.8) is 0 Å². The van der Waals surface area contributed by atoms with E-state index in [1.807, 2.05) is 5.57 Å². The number of hydrogen-bond acceptors (Lipinski definition) is 0. The number of hydrogen-bond donors (Lipinski definition) is 0. The van der Waals surface area contributed by atoms with Crippen molar-refractivity contribution in [1.29, 1.82) is 0 Å². The first kappa shape index (κ1) is 8.84. The molecule has 0 radical (unpaired) electrons. The molecule has 15 heavy (non-hydrogen) atoms. The highest BCUT2D eigenvalue weighted by Crippen LogP contribution is 2.67. The van der Waals surface area contributed by atoms with E-state index >= 15 is 0 Å². The van der Waals surface area contributed by atoms with Gasteiger partial charge in [-0.25, -0.2) is 0 Å². The van der Waals surface area contributed by atoms with Crippen LogP contribution in [0.2, 0.25) is 0 Å². The quantitative estimate of drug-likeness (QED) is 0.566. The van der Waals surface area contributed by atoms with E-state index in [0.717, 1.165) is 41.4 Å². The van der Waals surface area contributed by atoms with Crippen LogP contribution in [-0.2, 0) is 0 Å². The Morgan fingerprint density at radius 1 is 1.27 bits per heavy atom. The summed E-state index contributed by atoms with van der Waals surface area (Å²) in [6.07, 6.45) is 8.84. The zero-order valence-electron chi connectivity index (χ0n) is 9.95. The number of allylic oxidation sites excluding steroid dienone is 2. The lowest BCUT2D eigenvalue weighted by Gasteiger charge is -2.42. The summed E-state index contributed by atoms with van der Waals surface area (Å²) in [5.41, 5.74) is 1.91. The van der Waals surface area contributed by atoms with Gasteiger partial charge in [0, 0.05) is 0 Å². The second-order valence-corrected chi connectivity index (χ2v) is 6.54. The van der Waals surface area contributed by atoms with Gasteiger partial charge in [-0.05, 0) is 60.7 Å². The molecule has 0 heteroatoms. The summed E-state index contributed by atoms with van der Waals surface area (Å²) in [7, 11) is 0. The van der Waals surface area contributed by atoms with Gasteiger partial charge in [-0.1, -0.05) is 31.9 Å². The minimum atomic E-state index is 0.931. The summed E-state index contributed by atoms with van der Waals surface area (Å²) >= 11 is 0. The van der Waals surface area contributed by atoms with Gasteiger partial charge < -0.3 is 0 Å². The van der Waals surface area contributed by atoms with Gasteiger partial charge in [-0.2, -0.15) is 0 Å². The third-order valence-corrected chi connectivity index (χ3v) is 6.33. The van der Waals surface area contributed by atoms with Crippen molar-refractivity contribution in [2.24, 2.45) is 41.4 Å². The van der Waals surface area contributed by atoms with Crippen molar-refractivity contribution in [3.8, 4) is 0 Å². The molecule has 4 rings (SSSR count). The van der Waals surface area contributed by atoms with Gasteiger partial charge in [0.1, 0.15) is 0 Å². The fourth-order valence-corrected chi connectivity index (χ4v) is 5.90. The minimum absolute atomic E-state index is 0.931. The van der Waals surface area contributed by atoms with Crippen LogP contribution in [0.15, 0.2) is 11.6 Å². The van der Waals surface area contributed by atoms with Crippen molar-refractivity contribution in [2.75, 3.05) is 0 Å². The Bertz CT molecular complexity index is 327. The molecule has 2 fully saturated rings. The van der Waals surface area contributed by atoms with Crippen LogP contribution in [0.5, 0.6) is 0 Å². The van der Waals surface area contributed by atoms with Gasteiger partial charge in [0.2, 0.25) is 0 Å². The molecule has 82 valence electrons. The fourth-order valence-electron chi connectivity index (χ4n) is 5.90. The monoisotopic (exact) mass is 202 g/mol. The van der Waals surface area contributed by atoms with E-state index in [1.54, 1.807) is 19.3 Å². The average molecular weight is 202 g/mol. The molecule has 4 aliphatic carbocycles. The van der Waals surface area contributed by atoms with Crippen molar-refractivity contribution >= 4 is 0 Å². The highest BCUT2D eigenvalue weighted by molar-refractivity contribution is 5.33. The summed E-state index contributed by atoms with van der Waals surface area (Å²) < 4.78 is 0. The molecule has 0 aromatic carbocycles. The molecule has 7 unspecified atom stereocenters. The lowest BCUT2D eigenvalue weighted by molar-refractivity contribution is 0.115. The van der Waals surface area contributed by atoms with Crippen LogP contribution < -0.4 is 0 Å². The van der Waals surface area contributed by atoms with Crippen LogP contribution >= 0.6 is 0 Å². The van der Waals surface area contributed by atoms with Crippen LogP contribution in [0.25, 0.3) is 0 Å². The average Bonchev–Trinajstić information content (AvgIpc) is 2.94. The maximum atomic E-state index is 2.72. The second-order valence-electron chi connectivity index (χ2n) is 6.54. The smallest absolute Gasteiger partial charge is 0.0135 e. The van der Waals surface area contributed by atoms with Crippen LogP contribution in [-0.4, -0.2) is 0 Å². The molecule has 0 aromatic heterocycles. The third-order valence-electron chi connectivity index (χ3n) is 6.33. The normalized spacial score (nSPS) is 59.9. The lowest BCUT2D eigenvalue weighted by atomic mass is 9.63. The Morgan fingerprint density at radius 2 is 2.07 bits per heavy atom. The molecule has 0 aliphatic heterocycles. The van der Waals surface area contributed by atoms with Gasteiger partial charge in [0.05, 0.1) is 0 Å². The summed E-state index contributed by atoms with van der Waals surface area (Å²) in [5, 5.41) is 0. The molecule has 4 aliphatic rings. The van der Waals surface area contributed by atoms with E-state index < -0.39 is 0 Å². The van der Waals surface area contributed by atoms with E-state index in [1.165, 1.54) is 6.42 Å². The zero-order chi connectivity index (χ0) is 10.2. The molecule has 0 nitrogen and oxygen atoms in total. The molecular formula is C15H22. The van der Waals surface area contributed by atoms with E-state index in [-0.39, 0.29) is 0 Å². The van der Waals surface area contributed by atoms with E-state index in [9.17, 15) is 0 Å². The van der Waals surface area contributed by atoms with Crippen molar-refractivity contribution in [1.82, 2.24) is 0 Å². The molecule has 4 bridgehead atoms. The van der Waals surface area contributed by atoms with E-state index in [0.29, 0.717) is 0 Å². The molecule has 0 heterocycles. The number of rotatable bonds is 1. The predicted molar refractivity (Wildman–Crippen MR) is 62.3 cm³/mol. The first-order valence-electron chi connectivity index (χ1n) is 7.03. The first-order valence-corrected chi connectivity index (χ1v) is 7.03. The summed E-state index contributed by atoms with van der Waals surface area (Å²) in [4.78, 5) is 0. The molecule has 0 N–H and O–H groups in total. The molecule has 2 saturated carbocycles. The summed E-state index contributed by atoms with van der Waals surface area (Å²) in [6.45, 7) is 4.90. The van der Waals surface area contributed by atoms with Gasteiger partial charge >= 0.3 is 0 Å². The lowest BCUT2D eigenvalue weighted by Crippen LogP contribution is -2.36. The molecule has 7 atom stereocenters. The molecule has 0 aromatic rings. The van der Waals surface area contributed by atoms with Crippen molar-refractivity contribution < 1.29 is 0 Å². The van der Waals surface area contributed by atoms with Crippen LogP contribution in [0, 0.1) is 41.4 Å². The van der Waals surface area contributed by atoms with Crippen LogP contribution in [0.3, 0.4) is 0 Å². The third kappa shape index (κ3) is 0.867. The number of fused-ring (bicyclic) bond motifs is 8. The standard InChI is InChI=1S/C15H22/c1-3-11-8(2)12-7-13(11)15-10-5-4-9(6-10)14(12)15/h7-11,13-15H,3-6H2,1-2H3. The Balaban J connectivity index is 1.73. The predicted octanol–water partition coefficient (Wildman–Crippen LogP) is 3.88. The Labute approximate surface area is 93.1 Å². The Kier molecular flexibility index (Phi) is 1.59. The van der Waals surface area contributed by atoms with Gasteiger partial charge in [-0.15, -0.1) is 0 Å². The summed E-state index contributed by atoms with van der Waals surface area (Å²) in [6, 6.07) is 0. The van der Waals surface area contributed by atoms with Gasteiger partial charge in [0.15, 0.2) is 0 Å². The Hall–Kier alpha value is -0.260. The summed E-state index contributed by atoms with van der Waals surface area (Å²) in [5.74, 6) is 7.35. The van der Waals surface area contributed by atoms with Gasteiger partial charge in [0.25, 0.3) is 0 Å². The van der Waals surface area contributed by atoms with Crippen molar-refractivity contribution in [3.05, 3.63) is 11.6 Å². The Morgan fingerprint density at radius 3 is 2.87 bits per heavy atom. The molecule has 0 amide bonds. The molecule has 0 spiro atoms. The van der Waals surface area contributed by atoms with Crippen molar-refractivity contribution in [2.45, 2.75) is 39.5 Å². The maximum absolute atomic E-state index is 2.72. The second kappa shape index (κ2) is 2.70. The maximum Gasteiger partial charge on any atom is -0.0135 e. The molecular weight excluding hydrogens is 180 g/mol. The van der Waals surface area contributed by atoms with E-state index in [2.05, 4.69) is 19.9 Å². The highest BCUT2D eigenvalue weighted by Gasteiger charge is 2.60. The highest BCUT2D eigenvalue weighted by atomic mass is 14.6. The van der Waals surface area contributed by atoms with Crippen LogP contribution in [0.4, 0.5) is 0 Å². The van der Waals surface area contributed by atoms with Gasteiger partial charge in [-0.3, -0.25) is 0 Å². The largest absolute Gasteiger partial charge is 0.0810 e. The topological polar surface area (TPSA) is 0 Å². The first-order chi connectivity index (χ1) is 7.31. The zero-order valence-corrected chi connectivity index (χ0v) is 9.95. The van der Waals surface area contributed by atoms with Crippen LogP contribution in [0.1, 0.15) is 39.5 Å². The van der Waals surface area contributed by atoms with E-state index in [4.69, 9.17) is 0 Å². The molecule has 0 saturated heterocycles. The fraction of sp³-hybridized carbons (Fsp3) is 0.867.